The second-order valence-corrected chi connectivity index (χ2v) is 6.92. The smallest absolute Gasteiger partial charge is 0.193 e. The molecule has 0 unspecified atom stereocenters. The predicted octanol–water partition coefficient (Wildman–Crippen LogP) is 1.01. The fraction of sp³-hybridized carbons (Fsp3) is 0.462. The highest BCUT2D eigenvalue weighted by Gasteiger charge is 2.11. The zero-order chi connectivity index (χ0) is 15.3. The normalized spacial score (nSPS) is 12.3. The van der Waals surface area contributed by atoms with Crippen molar-refractivity contribution in [3.8, 4) is 0 Å². The number of benzene rings is 1. The summed E-state index contributed by atoms with van der Waals surface area (Å²) in [6, 6.07) is 4.12. The van der Waals surface area contributed by atoms with Crippen molar-refractivity contribution in [2.75, 3.05) is 27.4 Å². The predicted molar refractivity (Wildman–Crippen MR) is 78.8 cm³/mol. The van der Waals surface area contributed by atoms with E-state index in [4.69, 9.17) is 0 Å². The number of hydrogen-bond donors (Lipinski definition) is 1. The van der Waals surface area contributed by atoms with E-state index >= 15 is 0 Å². The van der Waals surface area contributed by atoms with Gasteiger partial charge in [-0.25, -0.2) is 12.8 Å². The molecule has 0 bridgehead atoms. The third kappa shape index (κ3) is 5.16. The van der Waals surface area contributed by atoms with Crippen LogP contribution in [0, 0.1) is 5.82 Å². The molecule has 0 aliphatic heterocycles. The van der Waals surface area contributed by atoms with Crippen LogP contribution in [0.3, 0.4) is 0 Å². The summed E-state index contributed by atoms with van der Waals surface area (Å²) in [7, 11) is 2.14. The molecule has 0 aromatic heterocycles. The molecule has 5 nitrogen and oxygen atoms in total. The highest BCUT2D eigenvalue weighted by molar-refractivity contribution is 7.89. The van der Waals surface area contributed by atoms with Crippen molar-refractivity contribution in [2.45, 2.75) is 12.3 Å². The molecule has 0 saturated carbocycles. The van der Waals surface area contributed by atoms with Crippen LogP contribution >= 0.6 is 0 Å². The minimum absolute atomic E-state index is 0.106. The summed E-state index contributed by atoms with van der Waals surface area (Å²) < 4.78 is 36.1. The van der Waals surface area contributed by atoms with Crippen molar-refractivity contribution in [3.05, 3.63) is 35.1 Å². The van der Waals surface area contributed by atoms with Gasteiger partial charge in [-0.3, -0.25) is 4.99 Å². The van der Waals surface area contributed by atoms with Crippen molar-refractivity contribution in [2.24, 2.45) is 4.99 Å². The summed E-state index contributed by atoms with van der Waals surface area (Å²) >= 11 is 0. The summed E-state index contributed by atoms with van der Waals surface area (Å²) in [5.41, 5.74) is 1.20. The van der Waals surface area contributed by atoms with Gasteiger partial charge < -0.3 is 10.2 Å². The fourth-order valence-corrected chi connectivity index (χ4v) is 2.64. The molecule has 7 heteroatoms. The number of sulfone groups is 1. The summed E-state index contributed by atoms with van der Waals surface area (Å²) in [6.45, 7) is 0.313. The molecule has 1 rings (SSSR count). The van der Waals surface area contributed by atoms with E-state index < -0.39 is 9.84 Å². The average Bonchev–Trinajstić information content (AvgIpc) is 2.31. The monoisotopic (exact) mass is 301 g/mol. The Kier molecular flexibility index (Phi) is 5.50. The lowest BCUT2D eigenvalue weighted by molar-refractivity contribution is 0.580. The summed E-state index contributed by atoms with van der Waals surface area (Å²) in [4.78, 5) is 5.84. The zero-order valence-corrected chi connectivity index (χ0v) is 13.0. The number of halogens is 1. The molecule has 0 aliphatic carbocycles. The van der Waals surface area contributed by atoms with Crippen LogP contribution in [0.5, 0.6) is 0 Å². The molecule has 0 saturated heterocycles. The van der Waals surface area contributed by atoms with Gasteiger partial charge in [-0.15, -0.1) is 0 Å². The van der Waals surface area contributed by atoms with E-state index in [0.717, 1.165) is 6.26 Å². The third-order valence-corrected chi connectivity index (χ3v) is 3.49. The van der Waals surface area contributed by atoms with Gasteiger partial charge in [-0.1, -0.05) is 6.07 Å². The number of nitrogens with zero attached hydrogens (tertiary/aromatic N) is 2. The molecule has 0 aliphatic rings. The van der Waals surface area contributed by atoms with Gasteiger partial charge in [0, 0.05) is 33.9 Å². The number of hydrogen-bond acceptors (Lipinski definition) is 3. The molecule has 112 valence electrons. The van der Waals surface area contributed by atoms with Crippen LogP contribution in [0.25, 0.3) is 0 Å². The highest BCUT2D eigenvalue weighted by atomic mass is 32.2. The summed E-state index contributed by atoms with van der Waals surface area (Å²) in [5, 5.41) is 3.05. The second-order valence-electron chi connectivity index (χ2n) is 4.78. The molecule has 0 atom stereocenters. The first-order valence-corrected chi connectivity index (χ1v) is 8.12. The quantitative estimate of drug-likeness (QED) is 0.666. The van der Waals surface area contributed by atoms with Crippen molar-refractivity contribution < 1.29 is 12.8 Å². The lowest BCUT2D eigenvalue weighted by Gasteiger charge is -2.18. The molecule has 1 N–H and O–H groups in total. The van der Waals surface area contributed by atoms with Crippen LogP contribution in [0.15, 0.2) is 23.2 Å². The summed E-state index contributed by atoms with van der Waals surface area (Å²) in [5.74, 6) is 0.142. The molecule has 1 aromatic rings. The van der Waals surface area contributed by atoms with Crippen LogP contribution in [-0.4, -0.2) is 46.7 Å². The van der Waals surface area contributed by atoms with Crippen LogP contribution < -0.4 is 5.32 Å². The van der Waals surface area contributed by atoms with Crippen molar-refractivity contribution in [1.29, 1.82) is 0 Å². The molecular formula is C13H20FN3O2S. The first-order valence-electron chi connectivity index (χ1n) is 6.06. The number of aliphatic imine (C=N–C) groups is 1. The first kappa shape index (κ1) is 16.4. The van der Waals surface area contributed by atoms with Gasteiger partial charge in [0.1, 0.15) is 5.82 Å². The Morgan fingerprint density at radius 2 is 2.00 bits per heavy atom. The number of rotatable bonds is 4. The fourth-order valence-electron chi connectivity index (χ4n) is 1.79. The molecule has 0 heterocycles. The topological polar surface area (TPSA) is 61.8 Å². The molecule has 0 fully saturated rings. The van der Waals surface area contributed by atoms with Gasteiger partial charge in [0.25, 0.3) is 0 Å². The molecule has 0 radical (unpaired) electrons. The SMILES string of the molecule is CN=C(NCc1cc(F)ccc1CS(C)(=O)=O)N(C)C. The largest absolute Gasteiger partial charge is 0.352 e. The molecule has 0 spiro atoms. The van der Waals surface area contributed by atoms with E-state index in [1.807, 2.05) is 14.1 Å². The first-order chi connectivity index (χ1) is 9.23. The molecule has 20 heavy (non-hydrogen) atoms. The Morgan fingerprint density at radius 3 is 2.50 bits per heavy atom. The average molecular weight is 301 g/mol. The Morgan fingerprint density at radius 1 is 1.35 bits per heavy atom. The van der Waals surface area contributed by atoms with E-state index in [1.54, 1.807) is 11.9 Å². The van der Waals surface area contributed by atoms with Gasteiger partial charge in [-0.2, -0.15) is 0 Å². The number of nitrogens with one attached hydrogen (secondary N) is 1. The molecular weight excluding hydrogens is 281 g/mol. The van der Waals surface area contributed by atoms with Crippen molar-refractivity contribution >= 4 is 15.8 Å². The van der Waals surface area contributed by atoms with Gasteiger partial charge >= 0.3 is 0 Å². The van der Waals surface area contributed by atoms with E-state index in [0.29, 0.717) is 23.6 Å². The van der Waals surface area contributed by atoms with E-state index in [1.165, 1.54) is 18.2 Å². The van der Waals surface area contributed by atoms with Crippen LogP contribution in [0.2, 0.25) is 0 Å². The standard InChI is InChI=1S/C13H20FN3O2S/c1-15-13(17(2)3)16-8-11-7-12(14)6-5-10(11)9-20(4,18)19/h5-7H,8-9H2,1-4H3,(H,15,16). The Labute approximate surface area is 119 Å². The van der Waals surface area contributed by atoms with Crippen LogP contribution in [0.1, 0.15) is 11.1 Å². The maximum absolute atomic E-state index is 13.3. The minimum atomic E-state index is -3.16. The second kappa shape index (κ2) is 6.69. The van der Waals surface area contributed by atoms with E-state index in [-0.39, 0.29) is 11.6 Å². The van der Waals surface area contributed by atoms with Crippen LogP contribution in [-0.2, 0) is 22.1 Å². The van der Waals surface area contributed by atoms with Gasteiger partial charge in [0.15, 0.2) is 15.8 Å². The highest BCUT2D eigenvalue weighted by Crippen LogP contribution is 2.14. The molecule has 0 amide bonds. The maximum atomic E-state index is 13.3. The lowest BCUT2D eigenvalue weighted by atomic mass is 10.1. The van der Waals surface area contributed by atoms with Gasteiger partial charge in [-0.05, 0) is 23.3 Å². The van der Waals surface area contributed by atoms with Gasteiger partial charge in [0.05, 0.1) is 5.75 Å². The maximum Gasteiger partial charge on any atom is 0.193 e. The Bertz CT molecular complexity index is 598. The summed E-state index contributed by atoms with van der Waals surface area (Å²) in [6.07, 6.45) is 1.16. The van der Waals surface area contributed by atoms with Crippen LogP contribution in [0.4, 0.5) is 4.39 Å². The van der Waals surface area contributed by atoms with Gasteiger partial charge in [0.2, 0.25) is 0 Å². The number of guanidine groups is 1. The Hall–Kier alpha value is -1.63. The lowest BCUT2D eigenvalue weighted by Crippen LogP contribution is -2.36. The van der Waals surface area contributed by atoms with E-state index in [9.17, 15) is 12.8 Å². The zero-order valence-electron chi connectivity index (χ0n) is 12.1. The van der Waals surface area contributed by atoms with E-state index in [2.05, 4.69) is 10.3 Å². The minimum Gasteiger partial charge on any atom is -0.352 e. The molecule has 1 aromatic carbocycles. The Balaban J connectivity index is 2.96. The van der Waals surface area contributed by atoms with Crippen molar-refractivity contribution in [3.63, 3.8) is 0 Å². The third-order valence-electron chi connectivity index (χ3n) is 2.66. The van der Waals surface area contributed by atoms with Crippen molar-refractivity contribution in [1.82, 2.24) is 10.2 Å².